The fraction of sp³-hybridized carbons (Fsp3) is 0.500. The third kappa shape index (κ3) is 1.87. The first-order chi connectivity index (χ1) is 7.83. The number of aryl methyl sites for hydroxylation is 1. The second-order valence-electron chi connectivity index (χ2n) is 4.61. The van der Waals surface area contributed by atoms with Crippen LogP contribution in [-0.2, 0) is 0 Å². The number of hydrogen-bond acceptors (Lipinski definition) is 3. The third-order valence-electron chi connectivity index (χ3n) is 3.08. The number of fused-ring (bicyclic) bond motifs is 1. The van der Waals surface area contributed by atoms with Crippen molar-refractivity contribution in [2.45, 2.75) is 26.2 Å². The van der Waals surface area contributed by atoms with Crippen LogP contribution >= 0.6 is 0 Å². The van der Waals surface area contributed by atoms with Gasteiger partial charge in [0.1, 0.15) is 12.1 Å². The lowest BCUT2D eigenvalue weighted by atomic mass is 10.2. The topological polar surface area (TPSA) is 42.2 Å². The molecular weight excluding hydrogens is 200 g/mol. The lowest BCUT2D eigenvalue weighted by Gasteiger charge is -2.08. The summed E-state index contributed by atoms with van der Waals surface area (Å²) in [7, 11) is 0. The standard InChI is InChI=1S/C12H16N4/c1-9-6-11(13-5-4-10-2-3-10)16-12(7-9)14-8-15-16/h6-8,10,13H,2-5H2,1H3. The maximum Gasteiger partial charge on any atom is 0.157 e. The van der Waals surface area contributed by atoms with Crippen molar-refractivity contribution in [3.8, 4) is 0 Å². The molecule has 0 saturated heterocycles. The molecule has 0 atom stereocenters. The van der Waals surface area contributed by atoms with Crippen molar-refractivity contribution >= 4 is 11.5 Å². The van der Waals surface area contributed by atoms with Crippen LogP contribution in [0.3, 0.4) is 0 Å². The van der Waals surface area contributed by atoms with Gasteiger partial charge in [0, 0.05) is 6.54 Å². The molecule has 0 unspecified atom stereocenters. The van der Waals surface area contributed by atoms with E-state index in [4.69, 9.17) is 0 Å². The molecule has 1 N–H and O–H groups in total. The maximum atomic E-state index is 4.22. The van der Waals surface area contributed by atoms with Crippen LogP contribution in [0.2, 0.25) is 0 Å². The minimum atomic E-state index is 0.911. The van der Waals surface area contributed by atoms with E-state index in [2.05, 4.69) is 28.4 Å². The number of anilines is 1. The van der Waals surface area contributed by atoms with E-state index >= 15 is 0 Å². The number of pyridine rings is 1. The van der Waals surface area contributed by atoms with Crippen molar-refractivity contribution in [1.29, 1.82) is 0 Å². The Hall–Kier alpha value is -1.58. The average molecular weight is 216 g/mol. The molecule has 1 fully saturated rings. The Morgan fingerprint density at radius 2 is 2.31 bits per heavy atom. The van der Waals surface area contributed by atoms with Gasteiger partial charge in [0.05, 0.1) is 0 Å². The van der Waals surface area contributed by atoms with Crippen molar-refractivity contribution in [1.82, 2.24) is 14.6 Å². The SMILES string of the molecule is Cc1cc(NCCC2CC2)n2ncnc2c1. The van der Waals surface area contributed by atoms with E-state index in [0.29, 0.717) is 0 Å². The molecule has 16 heavy (non-hydrogen) atoms. The van der Waals surface area contributed by atoms with Crippen molar-refractivity contribution in [2.75, 3.05) is 11.9 Å². The molecule has 4 nitrogen and oxygen atoms in total. The predicted molar refractivity (Wildman–Crippen MR) is 63.6 cm³/mol. The number of nitrogens with one attached hydrogen (secondary N) is 1. The summed E-state index contributed by atoms with van der Waals surface area (Å²) >= 11 is 0. The molecular formula is C12H16N4. The first kappa shape index (κ1) is 9.63. The Labute approximate surface area is 94.7 Å². The van der Waals surface area contributed by atoms with E-state index < -0.39 is 0 Å². The monoisotopic (exact) mass is 216 g/mol. The normalized spacial score (nSPS) is 15.6. The summed E-state index contributed by atoms with van der Waals surface area (Å²) in [5.41, 5.74) is 2.13. The van der Waals surface area contributed by atoms with Crippen molar-refractivity contribution in [3.05, 3.63) is 24.0 Å². The van der Waals surface area contributed by atoms with E-state index in [9.17, 15) is 0 Å². The van der Waals surface area contributed by atoms with Gasteiger partial charge in [0.2, 0.25) is 0 Å². The highest BCUT2D eigenvalue weighted by atomic mass is 15.3. The molecule has 0 aromatic carbocycles. The zero-order valence-corrected chi connectivity index (χ0v) is 9.48. The van der Waals surface area contributed by atoms with Crippen LogP contribution in [0, 0.1) is 12.8 Å². The summed E-state index contributed by atoms with van der Waals surface area (Å²) in [6.45, 7) is 3.11. The zero-order chi connectivity index (χ0) is 11.0. The molecule has 0 bridgehead atoms. The van der Waals surface area contributed by atoms with E-state index in [-0.39, 0.29) is 0 Å². The quantitative estimate of drug-likeness (QED) is 0.852. The van der Waals surface area contributed by atoms with Gasteiger partial charge in [-0.15, -0.1) is 0 Å². The first-order valence-corrected chi connectivity index (χ1v) is 5.87. The van der Waals surface area contributed by atoms with Gasteiger partial charge in [-0.05, 0) is 37.0 Å². The van der Waals surface area contributed by atoms with E-state index in [1.54, 1.807) is 6.33 Å². The van der Waals surface area contributed by atoms with Gasteiger partial charge >= 0.3 is 0 Å². The Balaban J connectivity index is 1.80. The largest absolute Gasteiger partial charge is 0.370 e. The molecule has 2 aromatic heterocycles. The van der Waals surface area contributed by atoms with Gasteiger partial charge in [0.25, 0.3) is 0 Å². The third-order valence-corrected chi connectivity index (χ3v) is 3.08. The number of rotatable bonds is 4. The van der Waals surface area contributed by atoms with Gasteiger partial charge in [0.15, 0.2) is 5.65 Å². The van der Waals surface area contributed by atoms with E-state index in [1.807, 2.05) is 10.6 Å². The molecule has 1 aliphatic carbocycles. The molecule has 1 saturated carbocycles. The molecule has 0 aliphatic heterocycles. The maximum absolute atomic E-state index is 4.22. The van der Waals surface area contributed by atoms with Gasteiger partial charge < -0.3 is 5.32 Å². The summed E-state index contributed by atoms with van der Waals surface area (Å²) in [6, 6.07) is 4.16. The van der Waals surface area contributed by atoms with Crippen LogP contribution in [0.1, 0.15) is 24.8 Å². The van der Waals surface area contributed by atoms with E-state index in [0.717, 1.165) is 23.9 Å². The number of hydrogen-bond donors (Lipinski definition) is 1. The van der Waals surface area contributed by atoms with Gasteiger partial charge in [-0.25, -0.2) is 4.98 Å². The second-order valence-corrected chi connectivity index (χ2v) is 4.61. The fourth-order valence-electron chi connectivity index (χ4n) is 1.99. The summed E-state index contributed by atoms with van der Waals surface area (Å²) in [5.74, 6) is 2.01. The average Bonchev–Trinajstić information content (AvgIpc) is 2.95. The molecule has 1 aliphatic rings. The predicted octanol–water partition coefficient (Wildman–Crippen LogP) is 2.25. The van der Waals surface area contributed by atoms with Crippen LogP contribution in [0.4, 0.5) is 5.82 Å². The Morgan fingerprint density at radius 1 is 1.44 bits per heavy atom. The fourth-order valence-corrected chi connectivity index (χ4v) is 1.99. The summed E-state index contributed by atoms with van der Waals surface area (Å²) < 4.78 is 1.86. The Morgan fingerprint density at radius 3 is 3.12 bits per heavy atom. The summed E-state index contributed by atoms with van der Waals surface area (Å²) in [5, 5.41) is 7.66. The van der Waals surface area contributed by atoms with Crippen LogP contribution in [0.25, 0.3) is 5.65 Å². The van der Waals surface area contributed by atoms with Gasteiger partial charge in [-0.2, -0.15) is 9.61 Å². The molecule has 0 spiro atoms. The summed E-state index contributed by atoms with van der Waals surface area (Å²) in [6.07, 6.45) is 5.69. The van der Waals surface area contributed by atoms with Crippen LogP contribution in [0.5, 0.6) is 0 Å². The first-order valence-electron chi connectivity index (χ1n) is 5.87. The minimum Gasteiger partial charge on any atom is -0.370 e. The molecule has 0 radical (unpaired) electrons. The smallest absolute Gasteiger partial charge is 0.157 e. The van der Waals surface area contributed by atoms with Gasteiger partial charge in [-0.3, -0.25) is 0 Å². The Bertz CT molecular complexity index is 499. The van der Waals surface area contributed by atoms with Crippen molar-refractivity contribution in [3.63, 3.8) is 0 Å². The molecule has 4 heteroatoms. The van der Waals surface area contributed by atoms with Crippen molar-refractivity contribution < 1.29 is 0 Å². The van der Waals surface area contributed by atoms with E-state index in [1.165, 1.54) is 24.8 Å². The zero-order valence-electron chi connectivity index (χ0n) is 9.48. The van der Waals surface area contributed by atoms with Crippen LogP contribution in [-0.4, -0.2) is 21.1 Å². The lowest BCUT2D eigenvalue weighted by Crippen LogP contribution is -2.07. The Kier molecular flexibility index (Phi) is 2.27. The second kappa shape index (κ2) is 3.77. The molecule has 2 aromatic rings. The highest BCUT2D eigenvalue weighted by Gasteiger charge is 2.20. The van der Waals surface area contributed by atoms with Crippen LogP contribution < -0.4 is 5.32 Å². The molecule has 2 heterocycles. The molecule has 3 rings (SSSR count). The summed E-state index contributed by atoms with van der Waals surface area (Å²) in [4.78, 5) is 4.21. The van der Waals surface area contributed by atoms with Crippen LogP contribution in [0.15, 0.2) is 18.5 Å². The number of nitrogens with zero attached hydrogens (tertiary/aromatic N) is 3. The highest BCUT2D eigenvalue weighted by Crippen LogP contribution is 2.32. The lowest BCUT2D eigenvalue weighted by molar-refractivity contribution is 0.754. The molecule has 84 valence electrons. The minimum absolute atomic E-state index is 0.911. The number of aromatic nitrogens is 3. The van der Waals surface area contributed by atoms with Gasteiger partial charge in [-0.1, -0.05) is 12.8 Å². The molecule has 0 amide bonds. The van der Waals surface area contributed by atoms with Crippen molar-refractivity contribution in [2.24, 2.45) is 5.92 Å². The highest BCUT2D eigenvalue weighted by molar-refractivity contribution is 5.51.